The Morgan fingerprint density at radius 2 is 1.00 bits per heavy atom. The summed E-state index contributed by atoms with van der Waals surface area (Å²) in [6.07, 6.45) is 0. The number of rotatable bonds is 5. The number of benzene rings is 8. The van der Waals surface area contributed by atoms with Gasteiger partial charge in [0.05, 0.1) is 31.7 Å². The van der Waals surface area contributed by atoms with Crippen LogP contribution in [0.4, 0.5) is 17.1 Å². The highest BCUT2D eigenvalue weighted by Crippen LogP contribution is 2.49. The monoisotopic (exact) mass is 738 g/mol. The number of thiophene rings is 2. The summed E-state index contributed by atoms with van der Waals surface area (Å²) in [7, 11) is 0. The summed E-state index contributed by atoms with van der Waals surface area (Å²) >= 11 is 3.74. The first-order chi connectivity index (χ1) is 27.3. The lowest BCUT2D eigenvalue weighted by atomic mass is 10.0. The molecule has 0 atom stereocenters. The van der Waals surface area contributed by atoms with Gasteiger partial charge in [-0.1, -0.05) is 121 Å². The SMILES string of the molecule is c1ccc(-n2c3cc(-c4ccc(N(c5cccc6c5sc5ccccc56)c5cccc6c5sc5ccccc56)cc4)ccc3c3c4ccccc4oc32)cc1. The van der Waals surface area contributed by atoms with Crippen molar-refractivity contribution in [2.75, 3.05) is 4.90 Å². The molecule has 0 fully saturated rings. The second-order valence-corrected chi connectivity index (χ2v) is 16.2. The minimum absolute atomic E-state index is 0.872. The number of nitrogens with zero attached hydrogens (tertiary/aromatic N) is 2. The van der Waals surface area contributed by atoms with Crippen LogP contribution in [0.1, 0.15) is 0 Å². The number of fused-ring (bicyclic) bond motifs is 11. The molecule has 0 unspecified atom stereocenters. The number of furan rings is 1. The van der Waals surface area contributed by atoms with Crippen LogP contribution in [0.3, 0.4) is 0 Å². The lowest BCUT2D eigenvalue weighted by molar-refractivity contribution is 0.645. The van der Waals surface area contributed by atoms with E-state index in [4.69, 9.17) is 4.42 Å². The number of anilines is 3. The molecule has 4 heterocycles. The first kappa shape index (κ1) is 30.8. The van der Waals surface area contributed by atoms with Crippen molar-refractivity contribution in [3.05, 3.63) is 182 Å². The molecule has 8 aromatic carbocycles. The third-order valence-electron chi connectivity index (χ3n) is 11.0. The third kappa shape index (κ3) is 4.61. The summed E-state index contributed by atoms with van der Waals surface area (Å²) in [5.41, 5.74) is 9.80. The Morgan fingerprint density at radius 1 is 0.436 bits per heavy atom. The van der Waals surface area contributed by atoms with E-state index in [-0.39, 0.29) is 0 Å². The van der Waals surface area contributed by atoms with Crippen molar-refractivity contribution in [3.63, 3.8) is 0 Å². The zero-order valence-corrected chi connectivity index (χ0v) is 31.1. The van der Waals surface area contributed by atoms with Crippen LogP contribution < -0.4 is 4.90 Å². The van der Waals surface area contributed by atoms with E-state index in [2.05, 4.69) is 185 Å². The molecule has 0 N–H and O–H groups in total. The summed E-state index contributed by atoms with van der Waals surface area (Å²) in [5.74, 6) is 0. The molecule has 0 saturated heterocycles. The van der Waals surface area contributed by atoms with Crippen molar-refractivity contribution >= 4 is 113 Å². The average molecular weight is 739 g/mol. The van der Waals surface area contributed by atoms with Gasteiger partial charge < -0.3 is 9.32 Å². The molecule has 3 nitrogen and oxygen atoms in total. The Morgan fingerprint density at radius 3 is 1.67 bits per heavy atom. The van der Waals surface area contributed by atoms with Crippen LogP contribution in [0.2, 0.25) is 0 Å². The van der Waals surface area contributed by atoms with Gasteiger partial charge in [0.2, 0.25) is 5.71 Å². The maximum absolute atomic E-state index is 6.55. The molecule has 0 aliphatic heterocycles. The van der Waals surface area contributed by atoms with Crippen molar-refractivity contribution in [3.8, 4) is 16.8 Å². The number of aromatic nitrogens is 1. The molecule has 0 aliphatic rings. The van der Waals surface area contributed by atoms with Gasteiger partial charge in [-0.15, -0.1) is 22.7 Å². The van der Waals surface area contributed by atoms with Gasteiger partial charge in [0, 0.05) is 53.1 Å². The van der Waals surface area contributed by atoms with Gasteiger partial charge in [-0.25, -0.2) is 0 Å². The maximum atomic E-state index is 6.55. The van der Waals surface area contributed by atoms with E-state index in [1.54, 1.807) is 0 Å². The molecule has 0 saturated carbocycles. The molecule has 12 aromatic rings. The molecule has 0 aliphatic carbocycles. The third-order valence-corrected chi connectivity index (χ3v) is 13.4. The van der Waals surface area contributed by atoms with E-state index in [9.17, 15) is 0 Å². The molecule has 55 heavy (non-hydrogen) atoms. The van der Waals surface area contributed by atoms with Crippen molar-refractivity contribution in [2.45, 2.75) is 0 Å². The fourth-order valence-electron chi connectivity index (χ4n) is 8.53. The molecule has 0 radical (unpaired) electrons. The van der Waals surface area contributed by atoms with E-state index < -0.39 is 0 Å². The number of hydrogen-bond acceptors (Lipinski definition) is 4. The smallest absolute Gasteiger partial charge is 0.213 e. The highest BCUT2D eigenvalue weighted by molar-refractivity contribution is 7.27. The van der Waals surface area contributed by atoms with Gasteiger partial charge in [0.15, 0.2) is 0 Å². The predicted octanol–water partition coefficient (Wildman–Crippen LogP) is 15.4. The fourth-order valence-corrected chi connectivity index (χ4v) is 10.9. The first-order valence-electron chi connectivity index (χ1n) is 18.5. The molecule has 4 aromatic heterocycles. The molecule has 0 spiro atoms. The summed E-state index contributed by atoms with van der Waals surface area (Å²) in [6.45, 7) is 0. The largest absolute Gasteiger partial charge is 0.439 e. The van der Waals surface area contributed by atoms with Gasteiger partial charge in [-0.2, -0.15) is 0 Å². The summed E-state index contributed by atoms with van der Waals surface area (Å²) < 4.78 is 14.0. The van der Waals surface area contributed by atoms with E-state index >= 15 is 0 Å². The van der Waals surface area contributed by atoms with E-state index in [1.165, 1.54) is 57.1 Å². The highest BCUT2D eigenvalue weighted by Gasteiger charge is 2.23. The molecular formula is C50H30N2OS2. The predicted molar refractivity (Wildman–Crippen MR) is 236 cm³/mol. The van der Waals surface area contributed by atoms with Crippen LogP contribution in [0.5, 0.6) is 0 Å². The Kier molecular flexibility index (Phi) is 6.67. The van der Waals surface area contributed by atoms with Crippen molar-refractivity contribution in [1.29, 1.82) is 0 Å². The maximum Gasteiger partial charge on any atom is 0.213 e. The average Bonchev–Trinajstić information content (AvgIpc) is 4.00. The zero-order chi connectivity index (χ0) is 36.0. The topological polar surface area (TPSA) is 21.3 Å². The standard InChI is InChI=1S/C50H30N2OS2/c1-2-12-33(13-3-1)52-43-30-32(26-29-39(43)47-40-16-4-7-21-44(40)53-50(47)52)31-24-27-34(28-25-31)51(41-19-10-17-37-35-14-5-8-22-45(35)54-48(37)41)42-20-11-18-38-36-15-6-9-23-46(36)55-49(38)42/h1-30H. The van der Waals surface area contributed by atoms with E-state index in [0.29, 0.717) is 0 Å². The van der Waals surface area contributed by atoms with Crippen LogP contribution in [0.25, 0.3) is 90.1 Å². The number of hydrogen-bond donors (Lipinski definition) is 0. The lowest BCUT2D eigenvalue weighted by Gasteiger charge is -2.27. The number of para-hydroxylation sites is 2. The van der Waals surface area contributed by atoms with Crippen molar-refractivity contribution in [2.24, 2.45) is 0 Å². The first-order valence-corrected chi connectivity index (χ1v) is 20.1. The highest BCUT2D eigenvalue weighted by atomic mass is 32.1. The molecule has 0 bridgehead atoms. The van der Waals surface area contributed by atoms with Gasteiger partial charge in [0.25, 0.3) is 0 Å². The molecule has 5 heteroatoms. The van der Waals surface area contributed by atoms with E-state index in [1.807, 2.05) is 28.7 Å². The zero-order valence-electron chi connectivity index (χ0n) is 29.4. The molecule has 0 amide bonds. The van der Waals surface area contributed by atoms with Crippen LogP contribution in [0.15, 0.2) is 186 Å². The van der Waals surface area contributed by atoms with Crippen LogP contribution in [0, 0.1) is 0 Å². The van der Waals surface area contributed by atoms with Crippen LogP contribution in [-0.2, 0) is 0 Å². The van der Waals surface area contributed by atoms with Gasteiger partial charge >= 0.3 is 0 Å². The fraction of sp³-hybridized carbons (Fsp3) is 0. The minimum atomic E-state index is 0.872. The molecule has 258 valence electrons. The Balaban J connectivity index is 1.05. The normalized spacial score (nSPS) is 12.0. The second-order valence-electron chi connectivity index (χ2n) is 14.1. The second kappa shape index (κ2) is 11.9. The minimum Gasteiger partial charge on any atom is -0.439 e. The van der Waals surface area contributed by atoms with Crippen molar-refractivity contribution in [1.82, 2.24) is 4.57 Å². The quantitative estimate of drug-likeness (QED) is 0.175. The lowest BCUT2D eigenvalue weighted by Crippen LogP contribution is -2.10. The molecule has 12 rings (SSSR count). The Bertz CT molecular complexity index is 3330. The molecular weight excluding hydrogens is 709 g/mol. The Hall–Kier alpha value is -6.66. The van der Waals surface area contributed by atoms with Gasteiger partial charge in [0.1, 0.15) is 5.58 Å². The van der Waals surface area contributed by atoms with Crippen LogP contribution >= 0.6 is 22.7 Å². The van der Waals surface area contributed by atoms with E-state index in [0.717, 1.165) is 50.1 Å². The van der Waals surface area contributed by atoms with Crippen LogP contribution in [-0.4, -0.2) is 4.57 Å². The van der Waals surface area contributed by atoms with Gasteiger partial charge in [-0.05, 0) is 71.8 Å². The summed E-state index contributed by atoms with van der Waals surface area (Å²) in [6, 6.07) is 65.8. The summed E-state index contributed by atoms with van der Waals surface area (Å²) in [4.78, 5) is 2.47. The summed E-state index contributed by atoms with van der Waals surface area (Å²) in [5, 5.41) is 8.65. The Labute approximate surface area is 324 Å². The van der Waals surface area contributed by atoms with Gasteiger partial charge in [-0.3, -0.25) is 4.57 Å². The van der Waals surface area contributed by atoms with Crippen molar-refractivity contribution < 1.29 is 4.42 Å².